The number of carbonyl (C=O) groups is 1. The second kappa shape index (κ2) is 5.01. The predicted octanol–water partition coefficient (Wildman–Crippen LogP) is 2.31. The van der Waals surface area contributed by atoms with Crippen molar-refractivity contribution >= 4 is 22.6 Å². The van der Waals surface area contributed by atoms with Crippen LogP contribution < -0.4 is 5.32 Å². The normalized spacial score (nSPS) is 10.5. The van der Waals surface area contributed by atoms with Gasteiger partial charge in [0.15, 0.2) is 0 Å². The topological polar surface area (TPSA) is 67.8 Å². The summed E-state index contributed by atoms with van der Waals surface area (Å²) in [4.78, 5) is 19.9. The molecule has 1 amide bonds. The molecule has 17 heavy (non-hydrogen) atoms. The van der Waals surface area contributed by atoms with Gasteiger partial charge in [0.1, 0.15) is 5.82 Å². The lowest BCUT2D eigenvalue weighted by Gasteiger charge is -2.00. The molecule has 2 aromatic heterocycles. The van der Waals surface area contributed by atoms with Crippen molar-refractivity contribution in [3.05, 3.63) is 35.9 Å². The van der Waals surface area contributed by atoms with Gasteiger partial charge in [0.2, 0.25) is 5.13 Å². The Morgan fingerprint density at radius 1 is 1.35 bits per heavy atom. The number of amides is 1. The van der Waals surface area contributed by atoms with Crippen molar-refractivity contribution in [2.24, 2.45) is 0 Å². The van der Waals surface area contributed by atoms with Gasteiger partial charge in [-0.1, -0.05) is 13.8 Å². The van der Waals surface area contributed by atoms with Gasteiger partial charge in [-0.15, -0.1) is 0 Å². The van der Waals surface area contributed by atoms with E-state index in [1.807, 2.05) is 13.8 Å². The van der Waals surface area contributed by atoms with E-state index in [9.17, 15) is 4.79 Å². The van der Waals surface area contributed by atoms with Crippen molar-refractivity contribution in [3.8, 4) is 0 Å². The first-order valence-corrected chi connectivity index (χ1v) is 5.99. The Hall–Kier alpha value is -1.82. The van der Waals surface area contributed by atoms with E-state index in [2.05, 4.69) is 19.7 Å². The summed E-state index contributed by atoms with van der Waals surface area (Å²) in [5, 5.41) is 3.24. The zero-order valence-corrected chi connectivity index (χ0v) is 10.4. The zero-order chi connectivity index (χ0) is 12.3. The minimum Gasteiger partial charge on any atom is -0.297 e. The molecule has 6 heteroatoms. The number of rotatable bonds is 3. The molecule has 2 aromatic rings. The molecule has 0 atom stereocenters. The highest BCUT2D eigenvalue weighted by Crippen LogP contribution is 2.17. The molecule has 0 saturated heterocycles. The first kappa shape index (κ1) is 11.7. The third kappa shape index (κ3) is 2.85. The van der Waals surface area contributed by atoms with Gasteiger partial charge in [0.05, 0.1) is 0 Å². The van der Waals surface area contributed by atoms with Gasteiger partial charge >= 0.3 is 0 Å². The van der Waals surface area contributed by atoms with Crippen molar-refractivity contribution in [1.29, 1.82) is 0 Å². The average Bonchev–Trinajstić information content (AvgIpc) is 2.79. The number of nitrogens with one attached hydrogen (secondary N) is 1. The lowest BCUT2D eigenvalue weighted by molar-refractivity contribution is 0.102. The molecule has 0 radical (unpaired) electrons. The quantitative estimate of drug-likeness (QED) is 0.905. The van der Waals surface area contributed by atoms with Crippen molar-refractivity contribution < 1.29 is 4.79 Å². The molecule has 0 saturated carbocycles. The summed E-state index contributed by atoms with van der Waals surface area (Å²) < 4.78 is 4.17. The van der Waals surface area contributed by atoms with E-state index in [-0.39, 0.29) is 11.8 Å². The van der Waals surface area contributed by atoms with E-state index in [0.717, 1.165) is 5.82 Å². The summed E-state index contributed by atoms with van der Waals surface area (Å²) >= 11 is 1.19. The second-order valence-electron chi connectivity index (χ2n) is 3.80. The van der Waals surface area contributed by atoms with E-state index in [1.165, 1.54) is 11.5 Å². The van der Waals surface area contributed by atoms with Crippen LogP contribution in [0.25, 0.3) is 0 Å². The van der Waals surface area contributed by atoms with Gasteiger partial charge in [-0.25, -0.2) is 4.98 Å². The SMILES string of the molecule is CC(C)c1nsc(NC(=O)c2ccncc2)n1. The molecule has 0 fully saturated rings. The molecule has 0 bridgehead atoms. The van der Waals surface area contributed by atoms with E-state index >= 15 is 0 Å². The number of carbonyl (C=O) groups excluding carboxylic acids is 1. The standard InChI is InChI=1S/C11H12N4OS/c1-7(2)9-13-11(17-15-9)14-10(16)8-3-5-12-6-4-8/h3-7H,1-2H3,(H,13,14,15,16). The maximum absolute atomic E-state index is 11.8. The van der Waals surface area contributed by atoms with Crippen LogP contribution in [-0.2, 0) is 0 Å². The Kier molecular flexibility index (Phi) is 3.43. The Bertz CT molecular complexity index is 509. The predicted molar refractivity (Wildman–Crippen MR) is 66.2 cm³/mol. The van der Waals surface area contributed by atoms with Crippen LogP contribution in [0.3, 0.4) is 0 Å². The lowest BCUT2D eigenvalue weighted by atomic mass is 10.2. The molecule has 2 heterocycles. The lowest BCUT2D eigenvalue weighted by Crippen LogP contribution is -2.11. The summed E-state index contributed by atoms with van der Waals surface area (Å²) in [6.45, 7) is 4.02. The van der Waals surface area contributed by atoms with Crippen molar-refractivity contribution in [2.75, 3.05) is 5.32 Å². The molecular formula is C11H12N4OS. The highest BCUT2D eigenvalue weighted by molar-refractivity contribution is 7.09. The first-order valence-electron chi connectivity index (χ1n) is 5.22. The monoisotopic (exact) mass is 248 g/mol. The van der Waals surface area contributed by atoms with E-state index in [1.54, 1.807) is 24.5 Å². The summed E-state index contributed by atoms with van der Waals surface area (Å²) in [6.07, 6.45) is 3.16. The summed E-state index contributed by atoms with van der Waals surface area (Å²) in [5.74, 6) is 0.816. The fraction of sp³-hybridized carbons (Fsp3) is 0.273. The molecule has 0 unspecified atom stereocenters. The third-order valence-electron chi connectivity index (χ3n) is 2.12. The second-order valence-corrected chi connectivity index (χ2v) is 4.55. The Morgan fingerprint density at radius 2 is 2.06 bits per heavy atom. The van der Waals surface area contributed by atoms with Crippen molar-refractivity contribution in [1.82, 2.24) is 14.3 Å². The van der Waals surface area contributed by atoms with Gasteiger partial charge in [0, 0.05) is 35.4 Å². The van der Waals surface area contributed by atoms with E-state index < -0.39 is 0 Å². The summed E-state index contributed by atoms with van der Waals surface area (Å²) in [7, 11) is 0. The Morgan fingerprint density at radius 3 is 2.65 bits per heavy atom. The summed E-state index contributed by atoms with van der Waals surface area (Å²) in [6, 6.07) is 3.31. The van der Waals surface area contributed by atoms with Crippen molar-refractivity contribution in [2.45, 2.75) is 19.8 Å². The van der Waals surface area contributed by atoms with Gasteiger partial charge < -0.3 is 0 Å². The van der Waals surface area contributed by atoms with E-state index in [0.29, 0.717) is 10.7 Å². The van der Waals surface area contributed by atoms with Crippen LogP contribution >= 0.6 is 11.5 Å². The number of aromatic nitrogens is 3. The molecule has 2 rings (SSSR count). The first-order chi connectivity index (χ1) is 8.16. The third-order valence-corrected chi connectivity index (χ3v) is 2.77. The van der Waals surface area contributed by atoms with Crippen LogP contribution in [0.15, 0.2) is 24.5 Å². The van der Waals surface area contributed by atoms with Gasteiger partial charge in [0.25, 0.3) is 5.91 Å². The highest BCUT2D eigenvalue weighted by Gasteiger charge is 2.11. The van der Waals surface area contributed by atoms with Gasteiger partial charge in [-0.05, 0) is 12.1 Å². The van der Waals surface area contributed by atoms with Crippen LogP contribution in [0.2, 0.25) is 0 Å². The largest absolute Gasteiger partial charge is 0.297 e. The Labute approximate surface area is 103 Å². The van der Waals surface area contributed by atoms with Crippen molar-refractivity contribution in [3.63, 3.8) is 0 Å². The number of pyridine rings is 1. The molecule has 0 aliphatic heterocycles. The van der Waals surface area contributed by atoms with E-state index in [4.69, 9.17) is 0 Å². The number of anilines is 1. The minimum absolute atomic E-state index is 0.196. The molecule has 0 spiro atoms. The smallest absolute Gasteiger partial charge is 0.257 e. The van der Waals surface area contributed by atoms with Gasteiger partial charge in [-0.2, -0.15) is 4.37 Å². The fourth-order valence-corrected chi connectivity index (χ4v) is 1.90. The molecule has 1 N–H and O–H groups in total. The van der Waals surface area contributed by atoms with Gasteiger partial charge in [-0.3, -0.25) is 15.1 Å². The molecule has 5 nitrogen and oxygen atoms in total. The van der Waals surface area contributed by atoms with Crippen LogP contribution in [0.1, 0.15) is 35.9 Å². The molecule has 0 aliphatic rings. The maximum Gasteiger partial charge on any atom is 0.257 e. The minimum atomic E-state index is -0.196. The molecule has 0 aliphatic carbocycles. The number of hydrogen-bond acceptors (Lipinski definition) is 5. The highest BCUT2D eigenvalue weighted by atomic mass is 32.1. The average molecular weight is 248 g/mol. The number of hydrogen-bond donors (Lipinski definition) is 1. The van der Waals surface area contributed by atoms with Crippen LogP contribution in [0.4, 0.5) is 5.13 Å². The maximum atomic E-state index is 11.8. The van der Waals surface area contributed by atoms with Crippen LogP contribution in [0.5, 0.6) is 0 Å². The zero-order valence-electron chi connectivity index (χ0n) is 9.54. The molecular weight excluding hydrogens is 236 g/mol. The van der Waals surface area contributed by atoms with Crippen LogP contribution in [0, 0.1) is 0 Å². The Balaban J connectivity index is 2.08. The van der Waals surface area contributed by atoms with Crippen LogP contribution in [-0.4, -0.2) is 20.2 Å². The molecule has 88 valence electrons. The molecule has 0 aromatic carbocycles. The fourth-order valence-electron chi connectivity index (χ4n) is 1.19. The number of nitrogens with zero attached hydrogens (tertiary/aromatic N) is 3. The summed E-state index contributed by atoms with van der Waals surface area (Å²) in [5.41, 5.74) is 0.557.